The van der Waals surface area contributed by atoms with E-state index in [2.05, 4.69) is 0 Å². The quantitative estimate of drug-likeness (QED) is 0.702. The lowest BCUT2D eigenvalue weighted by Gasteiger charge is -2.13. The molecule has 1 aliphatic rings. The summed E-state index contributed by atoms with van der Waals surface area (Å²) in [6, 6.07) is 5.52. The smallest absolute Gasteiger partial charge is 0.416 e. The third-order valence-electron chi connectivity index (χ3n) is 4.54. The first-order valence-electron chi connectivity index (χ1n) is 8.59. The minimum Gasteiger partial charge on any atom is -0.456 e. The van der Waals surface area contributed by atoms with Gasteiger partial charge in [-0.1, -0.05) is 12.1 Å². The van der Waals surface area contributed by atoms with Crippen LogP contribution in [0.4, 0.5) is 13.2 Å². The van der Waals surface area contributed by atoms with Crippen molar-refractivity contribution in [3.63, 3.8) is 0 Å². The minimum atomic E-state index is -4.44. The van der Waals surface area contributed by atoms with E-state index in [0.717, 1.165) is 25.0 Å². The summed E-state index contributed by atoms with van der Waals surface area (Å²) in [6.07, 6.45) is -1.49. The Bertz CT molecular complexity index is 960. The predicted molar refractivity (Wildman–Crippen MR) is 94.0 cm³/mol. The standard InChI is InChI=1S/C18H19F3N2O4S/c1-22-11-15(28(25,26)23-8-2-3-9-23)10-16(22)17(24)27-12-13-4-6-14(7-5-13)18(19,20)21/h4-7,10-11H,2-3,8-9,12H2,1H3. The van der Waals surface area contributed by atoms with Crippen LogP contribution in [0.3, 0.4) is 0 Å². The number of hydrogen-bond donors (Lipinski definition) is 0. The van der Waals surface area contributed by atoms with Gasteiger partial charge in [-0.15, -0.1) is 0 Å². The topological polar surface area (TPSA) is 68.6 Å². The van der Waals surface area contributed by atoms with Crippen LogP contribution >= 0.6 is 0 Å². The molecule has 1 saturated heterocycles. The van der Waals surface area contributed by atoms with Gasteiger partial charge in [-0.05, 0) is 36.6 Å². The molecule has 152 valence electrons. The van der Waals surface area contributed by atoms with Crippen LogP contribution in [-0.4, -0.2) is 36.3 Å². The predicted octanol–water partition coefficient (Wildman–Crippen LogP) is 3.19. The zero-order valence-electron chi connectivity index (χ0n) is 15.1. The number of nitrogens with zero attached hydrogens (tertiary/aromatic N) is 2. The highest BCUT2D eigenvalue weighted by Gasteiger charge is 2.31. The number of sulfonamides is 1. The van der Waals surface area contributed by atoms with Crippen LogP contribution < -0.4 is 0 Å². The monoisotopic (exact) mass is 416 g/mol. The summed E-state index contributed by atoms with van der Waals surface area (Å²) in [7, 11) is -2.14. The Morgan fingerprint density at radius 3 is 2.32 bits per heavy atom. The lowest BCUT2D eigenvalue weighted by Crippen LogP contribution is -2.27. The second kappa shape index (κ2) is 7.59. The summed E-state index contributed by atoms with van der Waals surface area (Å²) < 4.78 is 70.7. The highest BCUT2D eigenvalue weighted by atomic mass is 32.2. The van der Waals surface area contributed by atoms with Crippen molar-refractivity contribution in [2.24, 2.45) is 7.05 Å². The van der Waals surface area contributed by atoms with Gasteiger partial charge in [-0.2, -0.15) is 17.5 Å². The van der Waals surface area contributed by atoms with Crippen molar-refractivity contribution in [2.75, 3.05) is 13.1 Å². The number of halogens is 3. The molecule has 1 aromatic carbocycles. The molecule has 0 unspecified atom stereocenters. The van der Waals surface area contributed by atoms with Crippen LogP contribution in [0.15, 0.2) is 41.4 Å². The maximum absolute atomic E-state index is 12.6. The molecule has 0 bridgehead atoms. The Morgan fingerprint density at radius 1 is 1.14 bits per heavy atom. The number of hydrogen-bond acceptors (Lipinski definition) is 4. The number of rotatable bonds is 5. The van der Waals surface area contributed by atoms with E-state index in [1.807, 2.05) is 0 Å². The maximum Gasteiger partial charge on any atom is 0.416 e. The van der Waals surface area contributed by atoms with E-state index in [1.54, 1.807) is 0 Å². The van der Waals surface area contributed by atoms with Gasteiger partial charge in [0.1, 0.15) is 17.2 Å². The van der Waals surface area contributed by atoms with E-state index in [1.165, 1.54) is 40.3 Å². The molecule has 2 heterocycles. The summed E-state index contributed by atoms with van der Waals surface area (Å²) in [5.41, 5.74) is -0.355. The second-order valence-electron chi connectivity index (χ2n) is 6.55. The molecule has 6 nitrogen and oxygen atoms in total. The Hall–Kier alpha value is -2.33. The lowest BCUT2D eigenvalue weighted by atomic mass is 10.1. The van der Waals surface area contributed by atoms with Crippen molar-refractivity contribution in [1.82, 2.24) is 8.87 Å². The van der Waals surface area contributed by atoms with Gasteiger partial charge in [-0.3, -0.25) is 0 Å². The van der Waals surface area contributed by atoms with Crippen molar-refractivity contribution in [3.8, 4) is 0 Å². The third kappa shape index (κ3) is 4.22. The van der Waals surface area contributed by atoms with Crippen molar-refractivity contribution < 1.29 is 31.1 Å². The Morgan fingerprint density at radius 2 is 1.75 bits per heavy atom. The number of benzene rings is 1. The molecule has 28 heavy (non-hydrogen) atoms. The van der Waals surface area contributed by atoms with Crippen molar-refractivity contribution in [1.29, 1.82) is 0 Å². The zero-order valence-corrected chi connectivity index (χ0v) is 15.9. The van der Waals surface area contributed by atoms with Gasteiger partial charge in [0.15, 0.2) is 0 Å². The highest BCUT2D eigenvalue weighted by molar-refractivity contribution is 7.89. The molecule has 3 rings (SSSR count). The normalized spacial score (nSPS) is 15.7. The molecule has 1 aliphatic heterocycles. The molecule has 10 heteroatoms. The molecular formula is C18H19F3N2O4S. The van der Waals surface area contributed by atoms with Crippen LogP contribution in [-0.2, 0) is 34.6 Å². The number of carbonyl (C=O) groups is 1. The SMILES string of the molecule is Cn1cc(S(=O)(=O)N2CCCC2)cc1C(=O)OCc1ccc(C(F)(F)F)cc1. The molecule has 0 amide bonds. The summed E-state index contributed by atoms with van der Waals surface area (Å²) in [6.45, 7) is 0.673. The molecule has 1 fully saturated rings. The van der Waals surface area contributed by atoms with Gasteiger partial charge in [-0.25, -0.2) is 13.2 Å². The number of aromatic nitrogens is 1. The first-order chi connectivity index (χ1) is 13.1. The zero-order chi connectivity index (χ0) is 20.5. The molecule has 0 radical (unpaired) electrons. The Kier molecular flexibility index (Phi) is 5.53. The molecule has 2 aromatic rings. The van der Waals surface area contributed by atoms with Gasteiger partial charge in [0.25, 0.3) is 0 Å². The van der Waals surface area contributed by atoms with E-state index >= 15 is 0 Å². The van der Waals surface area contributed by atoms with E-state index in [4.69, 9.17) is 4.74 Å². The van der Waals surface area contributed by atoms with Crippen LogP contribution in [0.25, 0.3) is 0 Å². The third-order valence-corrected chi connectivity index (χ3v) is 6.41. The number of alkyl halides is 3. The number of carbonyl (C=O) groups excluding carboxylic acids is 1. The molecule has 0 saturated carbocycles. The highest BCUT2D eigenvalue weighted by Crippen LogP contribution is 2.29. The fraction of sp³-hybridized carbons (Fsp3) is 0.389. The molecule has 0 N–H and O–H groups in total. The van der Waals surface area contributed by atoms with Gasteiger partial charge in [0.2, 0.25) is 10.0 Å². The fourth-order valence-electron chi connectivity index (χ4n) is 2.97. The van der Waals surface area contributed by atoms with Crippen LogP contribution in [0.5, 0.6) is 0 Å². The van der Waals surface area contributed by atoms with E-state index < -0.39 is 27.7 Å². The van der Waals surface area contributed by atoms with Crippen molar-refractivity contribution in [2.45, 2.75) is 30.5 Å². The fourth-order valence-corrected chi connectivity index (χ4v) is 4.56. The Labute approximate surface area is 160 Å². The average Bonchev–Trinajstić information content (AvgIpc) is 3.29. The van der Waals surface area contributed by atoms with Crippen LogP contribution in [0.2, 0.25) is 0 Å². The average molecular weight is 416 g/mol. The van der Waals surface area contributed by atoms with Crippen LogP contribution in [0, 0.1) is 0 Å². The van der Waals surface area contributed by atoms with E-state index in [9.17, 15) is 26.4 Å². The van der Waals surface area contributed by atoms with Gasteiger partial charge in [0.05, 0.1) is 5.56 Å². The molecular weight excluding hydrogens is 397 g/mol. The van der Waals surface area contributed by atoms with E-state index in [0.29, 0.717) is 18.7 Å². The number of aryl methyl sites for hydroxylation is 1. The van der Waals surface area contributed by atoms with Gasteiger partial charge < -0.3 is 9.30 Å². The summed E-state index contributed by atoms with van der Waals surface area (Å²) in [5.74, 6) is -0.759. The molecule has 0 atom stereocenters. The largest absolute Gasteiger partial charge is 0.456 e. The van der Waals surface area contributed by atoms with Crippen molar-refractivity contribution in [3.05, 3.63) is 53.3 Å². The number of ether oxygens (including phenoxy) is 1. The lowest BCUT2D eigenvalue weighted by molar-refractivity contribution is -0.137. The van der Waals surface area contributed by atoms with Gasteiger partial charge in [0, 0.05) is 26.3 Å². The Balaban J connectivity index is 1.69. The van der Waals surface area contributed by atoms with Crippen molar-refractivity contribution >= 4 is 16.0 Å². The maximum atomic E-state index is 12.6. The number of esters is 1. The van der Waals surface area contributed by atoms with Crippen LogP contribution in [0.1, 0.15) is 34.5 Å². The molecule has 0 aliphatic carbocycles. The summed E-state index contributed by atoms with van der Waals surface area (Å²) in [4.78, 5) is 12.3. The first-order valence-corrected chi connectivity index (χ1v) is 10.0. The molecule has 0 spiro atoms. The van der Waals surface area contributed by atoms with Gasteiger partial charge >= 0.3 is 12.1 Å². The van der Waals surface area contributed by atoms with E-state index in [-0.39, 0.29) is 17.2 Å². The summed E-state index contributed by atoms with van der Waals surface area (Å²) in [5, 5.41) is 0. The molecule has 1 aromatic heterocycles. The second-order valence-corrected chi connectivity index (χ2v) is 8.49. The summed E-state index contributed by atoms with van der Waals surface area (Å²) >= 11 is 0. The first kappa shape index (κ1) is 20.4. The minimum absolute atomic E-state index is 0.0124.